The van der Waals surface area contributed by atoms with Crippen molar-refractivity contribution in [1.29, 1.82) is 0 Å². The molecule has 0 aliphatic heterocycles. The molecule has 0 unspecified atom stereocenters. The molecule has 0 radical (unpaired) electrons. The Morgan fingerprint density at radius 2 is 2.00 bits per heavy atom. The second kappa shape index (κ2) is 4.03. The van der Waals surface area contributed by atoms with Gasteiger partial charge in [-0.2, -0.15) is 0 Å². The van der Waals surface area contributed by atoms with E-state index in [9.17, 15) is 0 Å². The first-order valence-electron chi connectivity index (χ1n) is 6.47. The summed E-state index contributed by atoms with van der Waals surface area (Å²) in [6.07, 6.45) is 8.45. The van der Waals surface area contributed by atoms with Crippen LogP contribution in [0, 0.1) is 4.77 Å². The Morgan fingerprint density at radius 1 is 1.21 bits per heavy atom. The molecule has 1 N–H and O–H groups in total. The first-order valence-corrected chi connectivity index (χ1v) is 6.88. The van der Waals surface area contributed by atoms with Crippen LogP contribution in [-0.2, 0) is 0 Å². The number of fused-ring (bicyclic) bond motifs is 3. The van der Waals surface area contributed by atoms with Crippen LogP contribution in [0.15, 0.2) is 42.6 Å². The molecule has 2 aromatic heterocycles. The van der Waals surface area contributed by atoms with Crippen molar-refractivity contribution in [2.24, 2.45) is 0 Å². The number of aromatic amines is 1. The van der Waals surface area contributed by atoms with E-state index in [0.29, 0.717) is 6.04 Å². The van der Waals surface area contributed by atoms with E-state index < -0.39 is 0 Å². The van der Waals surface area contributed by atoms with Gasteiger partial charge < -0.3 is 9.55 Å². The molecule has 0 fully saturated rings. The molecule has 0 saturated heterocycles. The number of benzene rings is 1. The molecule has 19 heavy (non-hydrogen) atoms. The number of H-pyrrole nitrogens is 1. The largest absolute Gasteiger partial charge is 0.329 e. The van der Waals surface area contributed by atoms with E-state index in [1.807, 2.05) is 18.3 Å². The van der Waals surface area contributed by atoms with Crippen molar-refractivity contribution in [3.8, 4) is 0 Å². The van der Waals surface area contributed by atoms with E-state index in [1.54, 1.807) is 0 Å². The molecule has 4 rings (SSSR count). The summed E-state index contributed by atoms with van der Waals surface area (Å²) in [5.41, 5.74) is 3.23. The van der Waals surface area contributed by atoms with E-state index in [-0.39, 0.29) is 0 Å². The Morgan fingerprint density at radius 3 is 2.84 bits per heavy atom. The summed E-state index contributed by atoms with van der Waals surface area (Å²) >= 11 is 5.50. The third-order valence-corrected chi connectivity index (χ3v) is 4.10. The molecule has 1 aromatic carbocycles. The van der Waals surface area contributed by atoms with Gasteiger partial charge in [0, 0.05) is 11.4 Å². The maximum absolute atomic E-state index is 5.50. The zero-order chi connectivity index (χ0) is 12.8. The van der Waals surface area contributed by atoms with Gasteiger partial charge in [0.25, 0.3) is 0 Å². The maximum atomic E-state index is 5.50. The molecule has 94 valence electrons. The monoisotopic (exact) mass is 267 g/mol. The molecule has 1 aliphatic carbocycles. The van der Waals surface area contributed by atoms with Crippen LogP contribution in [0.3, 0.4) is 0 Å². The lowest BCUT2D eigenvalue weighted by Crippen LogP contribution is -2.05. The van der Waals surface area contributed by atoms with Gasteiger partial charge in [-0.1, -0.05) is 30.4 Å². The molecule has 1 aliphatic rings. The minimum absolute atomic E-state index is 0.437. The van der Waals surface area contributed by atoms with Crippen LogP contribution in [0.25, 0.3) is 21.9 Å². The molecule has 3 nitrogen and oxygen atoms in total. The van der Waals surface area contributed by atoms with Gasteiger partial charge in [0.1, 0.15) is 0 Å². The third kappa shape index (κ3) is 1.56. The normalized spacial score (nSPS) is 15.8. The van der Waals surface area contributed by atoms with E-state index in [2.05, 4.69) is 38.8 Å². The summed E-state index contributed by atoms with van der Waals surface area (Å²) in [6, 6.07) is 8.67. The summed E-state index contributed by atoms with van der Waals surface area (Å²) in [5.74, 6) is 0. The summed E-state index contributed by atoms with van der Waals surface area (Å²) in [6.45, 7) is 0. The highest BCUT2D eigenvalue weighted by Crippen LogP contribution is 2.31. The number of allylic oxidation sites excluding steroid dienone is 2. The quantitative estimate of drug-likeness (QED) is 0.531. The van der Waals surface area contributed by atoms with Gasteiger partial charge in [-0.3, -0.25) is 4.98 Å². The fourth-order valence-electron chi connectivity index (χ4n) is 2.92. The van der Waals surface area contributed by atoms with Crippen LogP contribution in [-0.4, -0.2) is 14.5 Å². The number of nitrogens with zero attached hydrogens (tertiary/aromatic N) is 2. The van der Waals surface area contributed by atoms with E-state index >= 15 is 0 Å². The molecule has 0 atom stereocenters. The topological polar surface area (TPSA) is 33.6 Å². The number of pyridine rings is 1. The molecule has 0 spiro atoms. The van der Waals surface area contributed by atoms with Crippen molar-refractivity contribution in [1.82, 2.24) is 14.5 Å². The summed E-state index contributed by atoms with van der Waals surface area (Å²) in [5, 5.41) is 1.17. The lowest BCUT2D eigenvalue weighted by Gasteiger charge is -2.13. The van der Waals surface area contributed by atoms with Crippen LogP contribution in [0.4, 0.5) is 0 Å². The molecule has 4 heteroatoms. The van der Waals surface area contributed by atoms with Crippen LogP contribution >= 0.6 is 12.2 Å². The molecular weight excluding hydrogens is 254 g/mol. The Labute approximate surface area is 115 Å². The number of aromatic nitrogens is 3. The maximum Gasteiger partial charge on any atom is 0.178 e. The van der Waals surface area contributed by atoms with Crippen molar-refractivity contribution in [2.45, 2.75) is 18.9 Å². The van der Waals surface area contributed by atoms with Crippen molar-refractivity contribution >= 4 is 34.2 Å². The van der Waals surface area contributed by atoms with Gasteiger partial charge in [0.2, 0.25) is 0 Å². The Bertz CT molecular complexity index is 849. The van der Waals surface area contributed by atoms with E-state index in [1.165, 1.54) is 10.9 Å². The third-order valence-electron chi connectivity index (χ3n) is 3.80. The molecule has 3 aromatic rings. The average molecular weight is 267 g/mol. The number of imidazole rings is 1. The highest BCUT2D eigenvalue weighted by atomic mass is 32.1. The number of rotatable bonds is 1. The van der Waals surface area contributed by atoms with Gasteiger partial charge in [0.05, 0.1) is 22.7 Å². The van der Waals surface area contributed by atoms with Gasteiger partial charge >= 0.3 is 0 Å². The van der Waals surface area contributed by atoms with Crippen LogP contribution in [0.5, 0.6) is 0 Å². The second-order valence-electron chi connectivity index (χ2n) is 4.93. The highest BCUT2D eigenvalue weighted by molar-refractivity contribution is 7.71. The average Bonchev–Trinajstić information content (AvgIpc) is 3.04. The number of hydrogen-bond acceptors (Lipinski definition) is 2. The number of hydrogen-bond donors (Lipinski definition) is 1. The fraction of sp³-hybridized carbons (Fsp3) is 0.200. The predicted octanol–water partition coefficient (Wildman–Crippen LogP) is 4.14. The van der Waals surface area contributed by atoms with Gasteiger partial charge in [-0.15, -0.1) is 0 Å². The molecule has 0 amide bonds. The summed E-state index contributed by atoms with van der Waals surface area (Å²) in [4.78, 5) is 7.77. The lowest BCUT2D eigenvalue weighted by atomic mass is 10.1. The van der Waals surface area contributed by atoms with Crippen molar-refractivity contribution in [3.05, 3.63) is 47.4 Å². The van der Waals surface area contributed by atoms with Crippen LogP contribution < -0.4 is 0 Å². The minimum Gasteiger partial charge on any atom is -0.329 e. The molecule has 2 heterocycles. The van der Waals surface area contributed by atoms with Crippen LogP contribution in [0.2, 0.25) is 0 Å². The molecular formula is C15H13N3S. The molecule has 0 bridgehead atoms. The second-order valence-corrected chi connectivity index (χ2v) is 5.32. The Balaban J connectivity index is 2.13. The predicted molar refractivity (Wildman–Crippen MR) is 79.8 cm³/mol. The zero-order valence-corrected chi connectivity index (χ0v) is 11.2. The van der Waals surface area contributed by atoms with Gasteiger partial charge in [-0.25, -0.2) is 0 Å². The van der Waals surface area contributed by atoms with E-state index in [0.717, 1.165) is 28.6 Å². The lowest BCUT2D eigenvalue weighted by molar-refractivity contribution is 0.545. The zero-order valence-electron chi connectivity index (χ0n) is 10.3. The number of para-hydroxylation sites is 1. The standard InChI is InChI=1S/C15H13N3S/c19-15-17-13-9-16-12-8-4-3-7-11(12)14(13)18(15)10-5-1-2-6-10/h1-4,7-10H,5-6H2,(H,17,19). The summed E-state index contributed by atoms with van der Waals surface area (Å²) < 4.78 is 3.05. The fourth-order valence-corrected chi connectivity index (χ4v) is 3.27. The summed E-state index contributed by atoms with van der Waals surface area (Å²) in [7, 11) is 0. The minimum atomic E-state index is 0.437. The van der Waals surface area contributed by atoms with E-state index in [4.69, 9.17) is 12.2 Å². The number of nitrogens with one attached hydrogen (secondary N) is 1. The Kier molecular flexibility index (Phi) is 2.32. The van der Waals surface area contributed by atoms with Gasteiger partial charge in [0.15, 0.2) is 4.77 Å². The van der Waals surface area contributed by atoms with Crippen LogP contribution in [0.1, 0.15) is 18.9 Å². The Hall–Kier alpha value is -1.94. The first kappa shape index (κ1) is 10.9. The van der Waals surface area contributed by atoms with Gasteiger partial charge in [-0.05, 0) is 31.1 Å². The first-order chi connectivity index (χ1) is 9.34. The SMILES string of the molecule is S=c1[nH]c2cnc3ccccc3c2n1C1CC=CC1. The highest BCUT2D eigenvalue weighted by Gasteiger charge is 2.18. The van der Waals surface area contributed by atoms with Crippen molar-refractivity contribution in [3.63, 3.8) is 0 Å². The van der Waals surface area contributed by atoms with Crippen molar-refractivity contribution < 1.29 is 0 Å². The smallest absolute Gasteiger partial charge is 0.178 e. The van der Waals surface area contributed by atoms with Crippen molar-refractivity contribution in [2.75, 3.05) is 0 Å². The molecule has 0 saturated carbocycles.